The van der Waals surface area contributed by atoms with Crippen LogP contribution >= 0.6 is 11.3 Å². The molecule has 1 saturated heterocycles. The Bertz CT molecular complexity index is 708. The van der Waals surface area contributed by atoms with Gasteiger partial charge in [0.2, 0.25) is 0 Å². The number of nitrogens with one attached hydrogen (secondary N) is 1. The van der Waals surface area contributed by atoms with Gasteiger partial charge in [0, 0.05) is 38.9 Å². The Morgan fingerprint density at radius 2 is 1.92 bits per heavy atom. The highest BCUT2D eigenvalue weighted by molar-refractivity contribution is 7.08. The number of nitrogens with zero attached hydrogens (tertiary/aromatic N) is 3. The first-order chi connectivity index (χ1) is 11.6. The van der Waals surface area contributed by atoms with Gasteiger partial charge in [-0.3, -0.25) is 9.78 Å². The number of pyridine rings is 1. The van der Waals surface area contributed by atoms with Gasteiger partial charge in [-0.1, -0.05) is 6.07 Å². The van der Waals surface area contributed by atoms with Crippen molar-refractivity contribution in [3.8, 4) is 0 Å². The van der Waals surface area contributed by atoms with Crippen LogP contribution in [0.3, 0.4) is 0 Å². The summed E-state index contributed by atoms with van der Waals surface area (Å²) in [5.74, 6) is -0.0791. The van der Waals surface area contributed by atoms with Gasteiger partial charge in [-0.15, -0.1) is 0 Å². The highest BCUT2D eigenvalue weighted by atomic mass is 32.1. The molecule has 2 aromatic heterocycles. The number of hydrogen-bond acceptors (Lipinski definition) is 4. The summed E-state index contributed by atoms with van der Waals surface area (Å²) in [6.45, 7) is 4.71. The number of amides is 3. The highest BCUT2D eigenvalue weighted by Crippen LogP contribution is 2.13. The first-order valence-corrected chi connectivity index (χ1v) is 8.84. The van der Waals surface area contributed by atoms with E-state index < -0.39 is 0 Å². The van der Waals surface area contributed by atoms with Crippen LogP contribution in [0.4, 0.5) is 4.79 Å². The number of aromatic nitrogens is 1. The Kier molecular flexibility index (Phi) is 5.10. The van der Waals surface area contributed by atoms with E-state index >= 15 is 0 Å². The van der Waals surface area contributed by atoms with Crippen LogP contribution in [-0.4, -0.2) is 52.9 Å². The molecule has 24 heavy (non-hydrogen) atoms. The summed E-state index contributed by atoms with van der Waals surface area (Å²) in [5, 5.41) is 7.08. The van der Waals surface area contributed by atoms with E-state index in [-0.39, 0.29) is 11.9 Å². The molecule has 3 amide bonds. The standard InChI is InChI=1S/C17H20N4O2S/c1-13-11-24-12-14(13)10-19-17(23)21-8-6-20(7-9-21)16(22)15-4-2-3-5-18-15/h2-5,11-12H,6-10H2,1H3,(H,19,23). The molecule has 1 N–H and O–H groups in total. The zero-order chi connectivity index (χ0) is 16.9. The molecule has 0 aromatic carbocycles. The summed E-state index contributed by atoms with van der Waals surface area (Å²) in [7, 11) is 0. The molecule has 0 unspecified atom stereocenters. The largest absolute Gasteiger partial charge is 0.334 e. The third kappa shape index (κ3) is 3.73. The number of urea groups is 1. The molecule has 7 heteroatoms. The van der Waals surface area contributed by atoms with Crippen molar-refractivity contribution in [3.63, 3.8) is 0 Å². The van der Waals surface area contributed by atoms with Gasteiger partial charge >= 0.3 is 6.03 Å². The summed E-state index contributed by atoms with van der Waals surface area (Å²) >= 11 is 1.64. The molecule has 6 nitrogen and oxygen atoms in total. The van der Waals surface area contributed by atoms with Gasteiger partial charge in [0.15, 0.2) is 0 Å². The third-order valence-corrected chi connectivity index (χ3v) is 5.04. The predicted molar refractivity (Wildman–Crippen MR) is 93.0 cm³/mol. The maximum Gasteiger partial charge on any atom is 0.317 e. The van der Waals surface area contributed by atoms with Crippen molar-refractivity contribution >= 4 is 23.3 Å². The fraction of sp³-hybridized carbons (Fsp3) is 0.353. The number of carbonyl (C=O) groups excluding carboxylic acids is 2. The lowest BCUT2D eigenvalue weighted by Gasteiger charge is -2.34. The van der Waals surface area contributed by atoms with Crippen molar-refractivity contribution in [3.05, 3.63) is 52.0 Å². The van der Waals surface area contributed by atoms with Gasteiger partial charge in [0.25, 0.3) is 5.91 Å². The second kappa shape index (κ2) is 7.44. The molecule has 126 valence electrons. The first-order valence-electron chi connectivity index (χ1n) is 7.90. The third-order valence-electron chi connectivity index (χ3n) is 4.13. The highest BCUT2D eigenvalue weighted by Gasteiger charge is 2.25. The summed E-state index contributed by atoms with van der Waals surface area (Å²) in [4.78, 5) is 32.2. The van der Waals surface area contributed by atoms with E-state index in [9.17, 15) is 9.59 Å². The number of aryl methyl sites for hydroxylation is 1. The second-order valence-electron chi connectivity index (χ2n) is 5.73. The van der Waals surface area contributed by atoms with Crippen molar-refractivity contribution in [2.75, 3.05) is 26.2 Å². The fourth-order valence-electron chi connectivity index (χ4n) is 2.61. The fourth-order valence-corrected chi connectivity index (χ4v) is 3.47. The van der Waals surface area contributed by atoms with Crippen molar-refractivity contribution < 1.29 is 9.59 Å². The molecule has 3 rings (SSSR count). The summed E-state index contributed by atoms with van der Waals surface area (Å²) < 4.78 is 0. The van der Waals surface area contributed by atoms with Crippen molar-refractivity contribution in [2.24, 2.45) is 0 Å². The van der Waals surface area contributed by atoms with Crippen molar-refractivity contribution in [1.82, 2.24) is 20.1 Å². The first kappa shape index (κ1) is 16.4. The van der Waals surface area contributed by atoms with Crippen LogP contribution < -0.4 is 5.32 Å². The van der Waals surface area contributed by atoms with E-state index in [2.05, 4.69) is 21.1 Å². The number of rotatable bonds is 3. The number of thiophene rings is 1. The molecular formula is C17H20N4O2S. The zero-order valence-electron chi connectivity index (χ0n) is 13.6. The lowest BCUT2D eigenvalue weighted by atomic mass is 10.2. The smallest absolute Gasteiger partial charge is 0.317 e. The van der Waals surface area contributed by atoms with Crippen LogP contribution in [0.5, 0.6) is 0 Å². The molecule has 0 bridgehead atoms. The molecule has 0 radical (unpaired) electrons. The van der Waals surface area contributed by atoms with E-state index in [1.165, 1.54) is 5.56 Å². The summed E-state index contributed by atoms with van der Waals surface area (Å²) in [5.41, 5.74) is 2.80. The summed E-state index contributed by atoms with van der Waals surface area (Å²) in [6.07, 6.45) is 1.61. The quantitative estimate of drug-likeness (QED) is 0.927. The number of carbonyl (C=O) groups is 2. The van der Waals surface area contributed by atoms with Gasteiger partial charge in [0.1, 0.15) is 5.69 Å². The van der Waals surface area contributed by atoms with Crippen molar-refractivity contribution in [1.29, 1.82) is 0 Å². The number of hydrogen-bond donors (Lipinski definition) is 1. The molecule has 0 aliphatic carbocycles. The Balaban J connectivity index is 1.49. The monoisotopic (exact) mass is 344 g/mol. The minimum Gasteiger partial charge on any atom is -0.334 e. The van der Waals surface area contributed by atoms with Gasteiger partial charge in [-0.25, -0.2) is 4.79 Å². The molecule has 1 aliphatic heterocycles. The normalized spacial score (nSPS) is 14.5. The SMILES string of the molecule is Cc1cscc1CNC(=O)N1CCN(C(=O)c2ccccn2)CC1. The van der Waals surface area contributed by atoms with Crippen LogP contribution in [0.25, 0.3) is 0 Å². The molecule has 0 atom stereocenters. The molecule has 1 aliphatic rings. The molecular weight excluding hydrogens is 324 g/mol. The van der Waals surface area contributed by atoms with Crippen LogP contribution in [0, 0.1) is 6.92 Å². The van der Waals surface area contributed by atoms with Gasteiger partial charge in [-0.2, -0.15) is 11.3 Å². The lowest BCUT2D eigenvalue weighted by molar-refractivity contribution is 0.0659. The average molecular weight is 344 g/mol. The Hall–Kier alpha value is -2.41. The minimum atomic E-state index is -0.0791. The van der Waals surface area contributed by atoms with E-state index in [4.69, 9.17) is 0 Å². The van der Waals surface area contributed by atoms with E-state index in [0.717, 1.165) is 5.56 Å². The molecule has 1 fully saturated rings. The molecule has 0 saturated carbocycles. The summed E-state index contributed by atoms with van der Waals surface area (Å²) in [6, 6.07) is 5.22. The minimum absolute atomic E-state index is 0.0782. The van der Waals surface area contributed by atoms with Gasteiger partial charge < -0.3 is 15.1 Å². The van der Waals surface area contributed by atoms with Gasteiger partial charge in [-0.05, 0) is 40.9 Å². The Morgan fingerprint density at radius 1 is 1.17 bits per heavy atom. The van der Waals surface area contributed by atoms with Crippen LogP contribution in [0.2, 0.25) is 0 Å². The maximum atomic E-state index is 12.3. The van der Waals surface area contributed by atoms with Crippen molar-refractivity contribution in [2.45, 2.75) is 13.5 Å². The van der Waals surface area contributed by atoms with E-state index in [1.807, 2.05) is 6.92 Å². The topological polar surface area (TPSA) is 65.5 Å². The lowest BCUT2D eigenvalue weighted by Crippen LogP contribution is -2.53. The Morgan fingerprint density at radius 3 is 2.54 bits per heavy atom. The molecule has 3 heterocycles. The second-order valence-corrected chi connectivity index (χ2v) is 6.48. The van der Waals surface area contributed by atoms with E-state index in [1.54, 1.807) is 45.5 Å². The van der Waals surface area contributed by atoms with E-state index in [0.29, 0.717) is 38.4 Å². The van der Waals surface area contributed by atoms with Crippen LogP contribution in [0.1, 0.15) is 21.6 Å². The zero-order valence-corrected chi connectivity index (χ0v) is 14.4. The number of piperazine rings is 1. The maximum absolute atomic E-state index is 12.3. The molecule has 0 spiro atoms. The predicted octanol–water partition coefficient (Wildman–Crippen LogP) is 2.12. The molecule has 2 aromatic rings. The van der Waals surface area contributed by atoms with Gasteiger partial charge in [0.05, 0.1) is 0 Å². The van der Waals surface area contributed by atoms with Crippen LogP contribution in [0.15, 0.2) is 35.2 Å². The average Bonchev–Trinajstić information content (AvgIpc) is 3.05. The Labute approximate surface area is 145 Å². The van der Waals surface area contributed by atoms with Crippen LogP contribution in [-0.2, 0) is 6.54 Å².